The summed E-state index contributed by atoms with van der Waals surface area (Å²) in [6.45, 7) is 3.56. The zero-order valence-corrected chi connectivity index (χ0v) is 10.9. The number of carbonyl (C=O) groups excluding carboxylic acids is 1. The van der Waals surface area contributed by atoms with Gasteiger partial charge in [0.2, 0.25) is 5.91 Å². The number of hydrogen-bond acceptors (Lipinski definition) is 3. The van der Waals surface area contributed by atoms with Crippen LogP contribution in [0.5, 0.6) is 0 Å². The fraction of sp³-hybridized carbons (Fsp3) is 0.615. The van der Waals surface area contributed by atoms with Crippen molar-refractivity contribution in [1.82, 2.24) is 15.3 Å². The zero-order chi connectivity index (χ0) is 13.1. The third-order valence-electron chi connectivity index (χ3n) is 3.51. The second-order valence-corrected chi connectivity index (χ2v) is 4.96. The van der Waals surface area contributed by atoms with Gasteiger partial charge in [-0.3, -0.25) is 4.79 Å². The SMILES string of the molecule is Cc1nc(=O)[nH]c(C)c1CC(=O)NC1CCCC1. The molecule has 0 bridgehead atoms. The molecule has 0 unspecified atom stereocenters. The Morgan fingerprint density at radius 2 is 2.06 bits per heavy atom. The van der Waals surface area contributed by atoms with Crippen molar-refractivity contribution in [2.24, 2.45) is 0 Å². The molecule has 0 aromatic carbocycles. The first-order valence-corrected chi connectivity index (χ1v) is 6.42. The second-order valence-electron chi connectivity index (χ2n) is 4.96. The summed E-state index contributed by atoms with van der Waals surface area (Å²) in [7, 11) is 0. The molecule has 1 aliphatic rings. The highest BCUT2D eigenvalue weighted by molar-refractivity contribution is 5.79. The van der Waals surface area contributed by atoms with Crippen LogP contribution in [-0.4, -0.2) is 21.9 Å². The van der Waals surface area contributed by atoms with Crippen molar-refractivity contribution in [2.75, 3.05) is 0 Å². The summed E-state index contributed by atoms with van der Waals surface area (Å²) in [5, 5.41) is 3.04. The molecule has 0 radical (unpaired) electrons. The van der Waals surface area contributed by atoms with E-state index in [4.69, 9.17) is 0 Å². The average molecular weight is 249 g/mol. The maximum Gasteiger partial charge on any atom is 0.345 e. The third kappa shape index (κ3) is 2.97. The Hall–Kier alpha value is -1.65. The van der Waals surface area contributed by atoms with Crippen molar-refractivity contribution in [3.63, 3.8) is 0 Å². The molecule has 0 saturated heterocycles. The molecule has 1 aromatic heterocycles. The molecule has 1 amide bonds. The second kappa shape index (κ2) is 5.33. The number of hydrogen-bond donors (Lipinski definition) is 2. The maximum absolute atomic E-state index is 11.9. The molecular weight excluding hydrogens is 230 g/mol. The van der Waals surface area contributed by atoms with Crippen LogP contribution < -0.4 is 11.0 Å². The molecule has 18 heavy (non-hydrogen) atoms. The van der Waals surface area contributed by atoms with E-state index < -0.39 is 0 Å². The molecule has 5 heteroatoms. The van der Waals surface area contributed by atoms with Gasteiger partial charge in [0.05, 0.1) is 6.42 Å². The number of carbonyl (C=O) groups is 1. The van der Waals surface area contributed by atoms with Crippen LogP contribution in [0.15, 0.2) is 4.79 Å². The molecule has 98 valence electrons. The monoisotopic (exact) mass is 249 g/mol. The Labute approximate surface area is 106 Å². The number of aryl methyl sites for hydroxylation is 2. The average Bonchev–Trinajstić information content (AvgIpc) is 2.76. The molecule has 0 atom stereocenters. The van der Waals surface area contributed by atoms with Crippen LogP contribution in [0.2, 0.25) is 0 Å². The van der Waals surface area contributed by atoms with Gasteiger partial charge in [0.1, 0.15) is 0 Å². The van der Waals surface area contributed by atoms with Gasteiger partial charge < -0.3 is 10.3 Å². The summed E-state index contributed by atoms with van der Waals surface area (Å²) in [5.74, 6) is 0.0157. The Morgan fingerprint density at radius 1 is 1.39 bits per heavy atom. The highest BCUT2D eigenvalue weighted by atomic mass is 16.2. The maximum atomic E-state index is 11.9. The molecule has 5 nitrogen and oxygen atoms in total. The van der Waals surface area contributed by atoms with Crippen LogP contribution in [0, 0.1) is 13.8 Å². The van der Waals surface area contributed by atoms with E-state index in [0.29, 0.717) is 11.7 Å². The molecular formula is C13H19N3O2. The Kier molecular flexibility index (Phi) is 3.79. The molecule has 2 rings (SSSR count). The van der Waals surface area contributed by atoms with E-state index in [1.165, 1.54) is 12.8 Å². The standard InChI is InChI=1S/C13H19N3O2/c1-8-11(9(2)15-13(18)14-8)7-12(17)16-10-5-3-4-6-10/h10H,3-7H2,1-2H3,(H,16,17)(H,14,15,18). The van der Waals surface area contributed by atoms with Gasteiger partial charge in [-0.05, 0) is 26.7 Å². The minimum absolute atomic E-state index is 0.0157. The predicted octanol–water partition coefficient (Wildman–Crippen LogP) is 0.988. The highest BCUT2D eigenvalue weighted by Crippen LogP contribution is 2.18. The minimum Gasteiger partial charge on any atom is -0.353 e. The third-order valence-corrected chi connectivity index (χ3v) is 3.51. The van der Waals surface area contributed by atoms with Crippen LogP contribution in [0.25, 0.3) is 0 Å². The number of H-pyrrole nitrogens is 1. The smallest absolute Gasteiger partial charge is 0.345 e. The summed E-state index contributed by atoms with van der Waals surface area (Å²) in [5.41, 5.74) is 1.84. The van der Waals surface area contributed by atoms with E-state index in [9.17, 15) is 9.59 Å². The Balaban J connectivity index is 2.04. The van der Waals surface area contributed by atoms with Gasteiger partial charge in [-0.1, -0.05) is 12.8 Å². The van der Waals surface area contributed by atoms with Crippen molar-refractivity contribution in [3.05, 3.63) is 27.4 Å². The van der Waals surface area contributed by atoms with Gasteiger partial charge in [-0.2, -0.15) is 4.98 Å². The summed E-state index contributed by atoms with van der Waals surface area (Å²) < 4.78 is 0. The molecule has 1 aromatic rings. The number of rotatable bonds is 3. The van der Waals surface area contributed by atoms with E-state index in [2.05, 4.69) is 15.3 Å². The van der Waals surface area contributed by atoms with Crippen molar-refractivity contribution in [1.29, 1.82) is 0 Å². The van der Waals surface area contributed by atoms with Gasteiger partial charge >= 0.3 is 5.69 Å². The number of aromatic amines is 1. The summed E-state index contributed by atoms with van der Waals surface area (Å²) in [6, 6.07) is 0.328. The molecule has 1 fully saturated rings. The number of aromatic nitrogens is 2. The Morgan fingerprint density at radius 3 is 2.67 bits per heavy atom. The topological polar surface area (TPSA) is 74.8 Å². The normalized spacial score (nSPS) is 15.9. The van der Waals surface area contributed by atoms with Crippen LogP contribution in [0.3, 0.4) is 0 Å². The first-order valence-electron chi connectivity index (χ1n) is 6.42. The van der Waals surface area contributed by atoms with Crippen LogP contribution in [0.4, 0.5) is 0 Å². The lowest BCUT2D eigenvalue weighted by Gasteiger charge is -2.13. The van der Waals surface area contributed by atoms with Gasteiger partial charge in [0, 0.05) is 23.0 Å². The van der Waals surface area contributed by atoms with Gasteiger partial charge in [-0.25, -0.2) is 4.79 Å². The van der Waals surface area contributed by atoms with Crippen LogP contribution in [0.1, 0.15) is 42.6 Å². The van der Waals surface area contributed by atoms with E-state index in [1.54, 1.807) is 13.8 Å². The highest BCUT2D eigenvalue weighted by Gasteiger charge is 2.18. The van der Waals surface area contributed by atoms with Gasteiger partial charge in [-0.15, -0.1) is 0 Å². The number of nitrogens with zero attached hydrogens (tertiary/aromatic N) is 1. The van der Waals surface area contributed by atoms with E-state index in [-0.39, 0.29) is 18.0 Å². The fourth-order valence-electron chi connectivity index (χ4n) is 2.52. The lowest BCUT2D eigenvalue weighted by atomic mass is 10.1. The van der Waals surface area contributed by atoms with E-state index in [0.717, 1.165) is 24.1 Å². The van der Waals surface area contributed by atoms with Crippen LogP contribution >= 0.6 is 0 Å². The van der Waals surface area contributed by atoms with E-state index in [1.807, 2.05) is 0 Å². The van der Waals surface area contributed by atoms with Gasteiger partial charge in [0.15, 0.2) is 0 Å². The molecule has 1 aliphatic carbocycles. The zero-order valence-electron chi connectivity index (χ0n) is 10.9. The fourth-order valence-corrected chi connectivity index (χ4v) is 2.52. The van der Waals surface area contributed by atoms with Gasteiger partial charge in [0.25, 0.3) is 0 Å². The summed E-state index contributed by atoms with van der Waals surface area (Å²) >= 11 is 0. The molecule has 1 saturated carbocycles. The first-order chi connectivity index (χ1) is 8.56. The van der Waals surface area contributed by atoms with Crippen molar-refractivity contribution >= 4 is 5.91 Å². The number of amides is 1. The van der Waals surface area contributed by atoms with Crippen molar-refractivity contribution < 1.29 is 4.79 Å². The quantitative estimate of drug-likeness (QED) is 0.838. The minimum atomic E-state index is -0.357. The van der Waals surface area contributed by atoms with Crippen molar-refractivity contribution in [2.45, 2.75) is 52.0 Å². The molecule has 1 heterocycles. The largest absolute Gasteiger partial charge is 0.353 e. The Bertz CT molecular complexity index is 475. The lowest BCUT2D eigenvalue weighted by molar-refractivity contribution is -0.121. The first kappa shape index (κ1) is 12.8. The number of nitrogens with one attached hydrogen (secondary N) is 2. The molecule has 0 spiro atoms. The summed E-state index contributed by atoms with van der Waals surface area (Å²) in [6.07, 6.45) is 4.84. The molecule has 2 N–H and O–H groups in total. The van der Waals surface area contributed by atoms with Crippen molar-refractivity contribution in [3.8, 4) is 0 Å². The lowest BCUT2D eigenvalue weighted by Crippen LogP contribution is -2.34. The van der Waals surface area contributed by atoms with Crippen LogP contribution in [-0.2, 0) is 11.2 Å². The molecule has 0 aliphatic heterocycles. The van der Waals surface area contributed by atoms with E-state index >= 15 is 0 Å². The summed E-state index contributed by atoms with van der Waals surface area (Å²) in [4.78, 5) is 29.5. The predicted molar refractivity (Wildman–Crippen MR) is 68.4 cm³/mol.